The van der Waals surface area contributed by atoms with Crippen LogP contribution in [-0.2, 0) is 0 Å². The van der Waals surface area contributed by atoms with E-state index in [2.05, 4.69) is 9.97 Å². The molecule has 0 aliphatic rings. The first-order valence-electron chi connectivity index (χ1n) is 3.55. The first kappa shape index (κ1) is 7.93. The lowest BCUT2D eigenvalue weighted by molar-refractivity contribution is 0.886. The Kier molecular flexibility index (Phi) is 1.63. The number of nitrogens with one attached hydrogen (secondary N) is 1. The molecule has 2 rings (SSSR count). The van der Waals surface area contributed by atoms with Gasteiger partial charge in [0.15, 0.2) is 10.3 Å². The number of nitrogens with two attached hydrogens (primary N) is 1. The van der Waals surface area contributed by atoms with Gasteiger partial charge in [0, 0.05) is 6.20 Å². The van der Waals surface area contributed by atoms with Gasteiger partial charge >= 0.3 is 0 Å². The molecule has 66 valence electrons. The third-order valence-corrected chi connectivity index (χ3v) is 1.99. The summed E-state index contributed by atoms with van der Waals surface area (Å²) in [5.74, 6) is 5.38. The van der Waals surface area contributed by atoms with Gasteiger partial charge in [-0.15, -0.1) is 0 Å². The highest BCUT2D eigenvalue weighted by molar-refractivity contribution is 7.71. The lowest BCUT2D eigenvalue weighted by atomic mass is 10.4. The summed E-state index contributed by atoms with van der Waals surface area (Å²) >= 11 is 4.82. The summed E-state index contributed by atoms with van der Waals surface area (Å²) in [7, 11) is 0. The van der Waals surface area contributed by atoms with Crippen LogP contribution in [0.1, 0.15) is 0 Å². The molecule has 0 unspecified atom stereocenters. The van der Waals surface area contributed by atoms with Crippen molar-refractivity contribution in [2.75, 3.05) is 5.84 Å². The fourth-order valence-electron chi connectivity index (χ4n) is 1.06. The second kappa shape index (κ2) is 2.67. The van der Waals surface area contributed by atoms with Gasteiger partial charge in [-0.05, 0) is 24.4 Å². The Morgan fingerprint density at radius 2 is 2.38 bits per heavy atom. The lowest BCUT2D eigenvalue weighted by Gasteiger charge is -1.99. The monoisotopic (exact) mass is 194 g/mol. The van der Waals surface area contributed by atoms with Crippen LogP contribution in [0.3, 0.4) is 0 Å². The maximum Gasteiger partial charge on any atom is 0.299 e. The molecule has 0 bridgehead atoms. The predicted octanol–water partition coefficient (Wildman–Crippen LogP) is 0.168. The van der Waals surface area contributed by atoms with Gasteiger partial charge in [-0.2, -0.15) is 4.68 Å². The molecule has 0 fully saturated rings. The van der Waals surface area contributed by atoms with E-state index in [1.807, 2.05) is 0 Å². The van der Waals surface area contributed by atoms with E-state index in [0.717, 1.165) is 4.68 Å². The SMILES string of the molecule is Nn1c(=S)[nH]c2cccnc2c1=O. The van der Waals surface area contributed by atoms with Crippen LogP contribution < -0.4 is 11.4 Å². The number of aromatic nitrogens is 3. The molecule has 0 saturated carbocycles. The summed E-state index contributed by atoms with van der Waals surface area (Å²) in [6.07, 6.45) is 1.53. The number of fused-ring (bicyclic) bond motifs is 1. The number of H-pyrrole nitrogens is 1. The highest BCUT2D eigenvalue weighted by Gasteiger charge is 2.02. The fourth-order valence-corrected chi connectivity index (χ4v) is 1.25. The van der Waals surface area contributed by atoms with Crippen molar-refractivity contribution in [2.45, 2.75) is 0 Å². The van der Waals surface area contributed by atoms with Crippen LogP contribution in [0.25, 0.3) is 11.0 Å². The minimum Gasteiger partial charge on any atom is -0.334 e. The number of hydrogen-bond donors (Lipinski definition) is 2. The van der Waals surface area contributed by atoms with Crippen LogP contribution in [0, 0.1) is 4.77 Å². The first-order chi connectivity index (χ1) is 6.20. The molecule has 2 heterocycles. The number of nitrogen functional groups attached to an aromatic ring is 1. The van der Waals surface area contributed by atoms with Gasteiger partial charge in [0.05, 0.1) is 5.52 Å². The van der Waals surface area contributed by atoms with E-state index >= 15 is 0 Å². The second-order valence-electron chi connectivity index (χ2n) is 2.50. The van der Waals surface area contributed by atoms with Gasteiger partial charge in [0.2, 0.25) is 0 Å². The summed E-state index contributed by atoms with van der Waals surface area (Å²) in [5.41, 5.74) is 0.497. The van der Waals surface area contributed by atoms with Crippen molar-refractivity contribution in [3.05, 3.63) is 33.5 Å². The van der Waals surface area contributed by atoms with E-state index in [1.165, 1.54) is 6.20 Å². The number of rotatable bonds is 0. The zero-order valence-corrected chi connectivity index (χ0v) is 7.34. The van der Waals surface area contributed by atoms with Gasteiger partial charge < -0.3 is 10.8 Å². The molecule has 0 aliphatic heterocycles. The Hall–Kier alpha value is -1.69. The molecule has 0 spiro atoms. The van der Waals surface area contributed by atoms with E-state index in [-0.39, 0.29) is 10.3 Å². The van der Waals surface area contributed by atoms with Crippen LogP contribution in [-0.4, -0.2) is 14.6 Å². The third kappa shape index (κ3) is 1.11. The highest BCUT2D eigenvalue weighted by atomic mass is 32.1. The molecule has 2 aromatic rings. The van der Waals surface area contributed by atoms with Gasteiger partial charge in [0.1, 0.15) is 0 Å². The summed E-state index contributed by atoms with van der Waals surface area (Å²) < 4.78 is 1.05. The molecule has 0 radical (unpaired) electrons. The largest absolute Gasteiger partial charge is 0.334 e. The normalized spacial score (nSPS) is 10.5. The average Bonchev–Trinajstić information content (AvgIpc) is 2.15. The maximum atomic E-state index is 11.4. The smallest absolute Gasteiger partial charge is 0.299 e. The molecule has 0 atom stereocenters. The zero-order valence-electron chi connectivity index (χ0n) is 6.52. The molecule has 0 aliphatic carbocycles. The van der Waals surface area contributed by atoms with Crippen molar-refractivity contribution in [1.82, 2.24) is 14.6 Å². The van der Waals surface area contributed by atoms with Crippen LogP contribution in [0.4, 0.5) is 0 Å². The average molecular weight is 194 g/mol. The van der Waals surface area contributed by atoms with Crippen molar-refractivity contribution >= 4 is 23.3 Å². The van der Waals surface area contributed by atoms with E-state index in [4.69, 9.17) is 18.1 Å². The molecule has 13 heavy (non-hydrogen) atoms. The minimum atomic E-state index is -0.389. The number of nitrogens with zero attached hydrogens (tertiary/aromatic N) is 2. The van der Waals surface area contributed by atoms with Gasteiger partial charge in [0.25, 0.3) is 5.56 Å². The van der Waals surface area contributed by atoms with Crippen molar-refractivity contribution < 1.29 is 0 Å². The number of aromatic amines is 1. The standard InChI is InChI=1S/C7H6N4OS/c8-11-6(12)5-4(10-7(11)13)2-1-3-9-5/h1-3H,8H2,(H,10,13). The first-order valence-corrected chi connectivity index (χ1v) is 3.96. The zero-order chi connectivity index (χ0) is 9.42. The summed E-state index contributed by atoms with van der Waals surface area (Å²) in [6.45, 7) is 0. The van der Waals surface area contributed by atoms with Gasteiger partial charge in [-0.25, -0.2) is 4.98 Å². The van der Waals surface area contributed by atoms with E-state index < -0.39 is 0 Å². The Bertz CT molecular complexity index is 570. The Labute approximate surface area is 77.8 Å². The van der Waals surface area contributed by atoms with Crippen LogP contribution in [0.15, 0.2) is 23.1 Å². The van der Waals surface area contributed by atoms with Gasteiger partial charge in [-0.3, -0.25) is 4.79 Å². The quantitative estimate of drug-likeness (QED) is 0.463. The lowest BCUT2D eigenvalue weighted by Crippen LogP contribution is -2.29. The van der Waals surface area contributed by atoms with E-state index in [0.29, 0.717) is 11.0 Å². The summed E-state index contributed by atoms with van der Waals surface area (Å²) in [6, 6.07) is 3.44. The molecule has 0 aromatic carbocycles. The maximum absolute atomic E-state index is 11.4. The van der Waals surface area contributed by atoms with Crippen LogP contribution >= 0.6 is 12.2 Å². The molecule has 6 heteroatoms. The minimum absolute atomic E-state index is 0.186. The topological polar surface area (TPSA) is 76.7 Å². The van der Waals surface area contributed by atoms with Crippen LogP contribution in [0.5, 0.6) is 0 Å². The summed E-state index contributed by atoms with van der Waals surface area (Å²) in [4.78, 5) is 18.1. The Balaban J connectivity index is 3.12. The van der Waals surface area contributed by atoms with Crippen molar-refractivity contribution in [2.24, 2.45) is 0 Å². The third-order valence-electron chi connectivity index (χ3n) is 1.69. The molecule has 2 aromatic heterocycles. The van der Waals surface area contributed by atoms with E-state index in [9.17, 15) is 4.79 Å². The van der Waals surface area contributed by atoms with E-state index in [1.54, 1.807) is 12.1 Å². The molecule has 3 N–H and O–H groups in total. The Morgan fingerprint density at radius 3 is 3.15 bits per heavy atom. The fraction of sp³-hybridized carbons (Fsp3) is 0. The van der Waals surface area contributed by atoms with Crippen molar-refractivity contribution in [3.63, 3.8) is 0 Å². The second-order valence-corrected chi connectivity index (χ2v) is 2.89. The van der Waals surface area contributed by atoms with Gasteiger partial charge in [-0.1, -0.05) is 0 Å². The van der Waals surface area contributed by atoms with Crippen molar-refractivity contribution in [3.8, 4) is 0 Å². The molecule has 5 nitrogen and oxygen atoms in total. The number of hydrogen-bond acceptors (Lipinski definition) is 4. The molecular weight excluding hydrogens is 188 g/mol. The Morgan fingerprint density at radius 1 is 1.62 bits per heavy atom. The van der Waals surface area contributed by atoms with Crippen LogP contribution in [0.2, 0.25) is 0 Å². The predicted molar refractivity (Wildman–Crippen MR) is 51.3 cm³/mol. The molecular formula is C7H6N4OS. The molecule has 0 amide bonds. The highest BCUT2D eigenvalue weighted by Crippen LogP contribution is 2.00. The molecule has 0 saturated heterocycles. The van der Waals surface area contributed by atoms with Crippen molar-refractivity contribution in [1.29, 1.82) is 0 Å². The number of pyridine rings is 1. The summed E-state index contributed by atoms with van der Waals surface area (Å²) in [5, 5.41) is 0.